The number of carbonyl (C=O) groups is 2. The van der Waals surface area contributed by atoms with Crippen LogP contribution in [-0.2, 0) is 4.79 Å². The van der Waals surface area contributed by atoms with Crippen LogP contribution in [0.3, 0.4) is 0 Å². The zero-order chi connectivity index (χ0) is 15.4. The topological polar surface area (TPSA) is 95.7 Å². The summed E-state index contributed by atoms with van der Waals surface area (Å²) in [6.07, 6.45) is 1.92. The van der Waals surface area contributed by atoms with Crippen molar-refractivity contribution in [2.45, 2.75) is 26.7 Å². The highest BCUT2D eigenvalue weighted by Gasteiger charge is 2.28. The zero-order valence-electron chi connectivity index (χ0n) is 12.4. The van der Waals surface area contributed by atoms with Crippen LogP contribution in [0.15, 0.2) is 4.52 Å². The largest absolute Gasteiger partial charge is 0.480 e. The fraction of sp³-hybridized carbons (Fsp3) is 0.643. The molecule has 1 aliphatic rings. The number of likely N-dealkylation sites (tertiary alicyclic amines) is 1. The number of hydrogen-bond donors (Lipinski definition) is 2. The molecule has 0 spiro atoms. The number of piperidine rings is 1. The number of carboxylic acid groups (broad SMARTS) is 1. The number of amides is 1. The van der Waals surface area contributed by atoms with Gasteiger partial charge in [0.05, 0.1) is 12.2 Å². The Bertz CT molecular complexity index is 507. The lowest BCUT2D eigenvalue weighted by Gasteiger charge is -2.32. The highest BCUT2D eigenvalue weighted by atomic mass is 16.5. The minimum absolute atomic E-state index is 0.0471. The number of carboxylic acids is 1. The lowest BCUT2D eigenvalue weighted by molar-refractivity contribution is -0.136. The molecule has 21 heavy (non-hydrogen) atoms. The summed E-state index contributed by atoms with van der Waals surface area (Å²) in [5, 5.41) is 15.3. The average molecular weight is 295 g/mol. The van der Waals surface area contributed by atoms with E-state index in [4.69, 9.17) is 9.63 Å². The second-order valence-corrected chi connectivity index (χ2v) is 5.48. The SMILES string of the molecule is Cc1noc(C)c1C(=O)N1CCCC(CNCC(=O)O)C1. The minimum Gasteiger partial charge on any atom is -0.480 e. The molecule has 7 nitrogen and oxygen atoms in total. The second kappa shape index (κ2) is 6.71. The van der Waals surface area contributed by atoms with E-state index in [0.717, 1.165) is 19.4 Å². The Hall–Kier alpha value is -1.89. The molecule has 1 aromatic heterocycles. The van der Waals surface area contributed by atoms with Crippen molar-refractivity contribution in [3.05, 3.63) is 17.0 Å². The van der Waals surface area contributed by atoms with Crippen LogP contribution in [0.1, 0.15) is 34.7 Å². The first-order valence-electron chi connectivity index (χ1n) is 7.13. The first kappa shape index (κ1) is 15.5. The summed E-state index contributed by atoms with van der Waals surface area (Å²) in [7, 11) is 0. The maximum Gasteiger partial charge on any atom is 0.317 e. The van der Waals surface area contributed by atoms with E-state index in [2.05, 4.69) is 10.5 Å². The maximum atomic E-state index is 12.5. The van der Waals surface area contributed by atoms with Crippen LogP contribution in [0, 0.1) is 19.8 Å². The van der Waals surface area contributed by atoms with E-state index >= 15 is 0 Å². The smallest absolute Gasteiger partial charge is 0.317 e. The molecule has 1 aromatic rings. The number of hydrogen-bond acceptors (Lipinski definition) is 5. The van der Waals surface area contributed by atoms with Crippen molar-refractivity contribution in [1.82, 2.24) is 15.4 Å². The van der Waals surface area contributed by atoms with E-state index in [1.165, 1.54) is 0 Å². The first-order valence-corrected chi connectivity index (χ1v) is 7.13. The predicted molar refractivity (Wildman–Crippen MR) is 75.1 cm³/mol. The van der Waals surface area contributed by atoms with Gasteiger partial charge >= 0.3 is 5.97 Å². The quantitative estimate of drug-likeness (QED) is 0.835. The van der Waals surface area contributed by atoms with Crippen molar-refractivity contribution >= 4 is 11.9 Å². The molecule has 1 saturated heterocycles. The van der Waals surface area contributed by atoms with Gasteiger partial charge in [-0.2, -0.15) is 0 Å². The Balaban J connectivity index is 1.94. The molecular formula is C14H21N3O4. The number of aryl methyl sites for hydroxylation is 2. The number of nitrogens with one attached hydrogen (secondary N) is 1. The summed E-state index contributed by atoms with van der Waals surface area (Å²) in [6.45, 7) is 5.42. The lowest BCUT2D eigenvalue weighted by atomic mass is 9.97. The van der Waals surface area contributed by atoms with Gasteiger partial charge in [0.2, 0.25) is 0 Å². The van der Waals surface area contributed by atoms with Crippen LogP contribution in [0.25, 0.3) is 0 Å². The van der Waals surface area contributed by atoms with Crippen LogP contribution >= 0.6 is 0 Å². The van der Waals surface area contributed by atoms with Gasteiger partial charge in [-0.05, 0) is 32.6 Å². The number of nitrogens with zero attached hydrogens (tertiary/aromatic N) is 2. The summed E-state index contributed by atoms with van der Waals surface area (Å²) in [4.78, 5) is 24.8. The molecule has 116 valence electrons. The van der Waals surface area contributed by atoms with Crippen LogP contribution in [0.5, 0.6) is 0 Å². The van der Waals surface area contributed by atoms with E-state index < -0.39 is 5.97 Å². The summed E-state index contributed by atoms with van der Waals surface area (Å²) >= 11 is 0. The number of rotatable bonds is 5. The van der Waals surface area contributed by atoms with Crippen molar-refractivity contribution in [2.24, 2.45) is 5.92 Å². The third kappa shape index (κ3) is 3.81. The molecule has 0 saturated carbocycles. The van der Waals surface area contributed by atoms with Gasteiger partial charge in [0.25, 0.3) is 5.91 Å². The van der Waals surface area contributed by atoms with Gasteiger partial charge in [-0.3, -0.25) is 9.59 Å². The Morgan fingerprint density at radius 1 is 1.48 bits per heavy atom. The van der Waals surface area contributed by atoms with E-state index in [1.54, 1.807) is 13.8 Å². The average Bonchev–Trinajstić information content (AvgIpc) is 2.77. The molecule has 7 heteroatoms. The normalized spacial score (nSPS) is 18.8. The molecule has 1 aliphatic heterocycles. The van der Waals surface area contributed by atoms with Gasteiger partial charge in [-0.15, -0.1) is 0 Å². The molecule has 1 amide bonds. The zero-order valence-corrected chi connectivity index (χ0v) is 12.4. The monoisotopic (exact) mass is 295 g/mol. The molecule has 1 fully saturated rings. The van der Waals surface area contributed by atoms with Crippen LogP contribution < -0.4 is 5.32 Å². The predicted octanol–water partition coefficient (Wildman–Crippen LogP) is 0.818. The standard InChI is InChI=1S/C14H21N3O4/c1-9-13(10(2)21-16-9)14(20)17-5-3-4-11(8-17)6-15-7-12(18)19/h11,15H,3-8H2,1-2H3,(H,18,19). The van der Waals surface area contributed by atoms with Gasteiger partial charge in [-0.25, -0.2) is 0 Å². The molecule has 2 rings (SSSR count). The molecule has 1 atom stereocenters. The summed E-state index contributed by atoms with van der Waals surface area (Å²) < 4.78 is 5.05. The second-order valence-electron chi connectivity index (χ2n) is 5.48. The molecular weight excluding hydrogens is 274 g/mol. The van der Waals surface area contributed by atoms with E-state index in [9.17, 15) is 9.59 Å². The molecule has 2 N–H and O–H groups in total. The molecule has 2 heterocycles. The van der Waals surface area contributed by atoms with Crippen molar-refractivity contribution in [3.8, 4) is 0 Å². The Morgan fingerprint density at radius 3 is 2.86 bits per heavy atom. The van der Waals surface area contributed by atoms with Crippen LogP contribution in [0.2, 0.25) is 0 Å². The van der Waals surface area contributed by atoms with Crippen molar-refractivity contribution in [2.75, 3.05) is 26.2 Å². The highest BCUT2D eigenvalue weighted by molar-refractivity contribution is 5.96. The molecule has 0 radical (unpaired) electrons. The fourth-order valence-electron chi connectivity index (χ4n) is 2.75. The summed E-state index contributed by atoms with van der Waals surface area (Å²) in [6, 6.07) is 0. The van der Waals surface area contributed by atoms with Crippen molar-refractivity contribution in [3.63, 3.8) is 0 Å². The van der Waals surface area contributed by atoms with Crippen LogP contribution in [0.4, 0.5) is 0 Å². The number of aliphatic carboxylic acids is 1. The Morgan fingerprint density at radius 2 is 2.24 bits per heavy atom. The van der Waals surface area contributed by atoms with E-state index in [0.29, 0.717) is 30.1 Å². The molecule has 0 bridgehead atoms. The summed E-state index contributed by atoms with van der Waals surface area (Å²) in [5.74, 6) is -0.0882. The number of carbonyl (C=O) groups excluding carboxylic acids is 1. The van der Waals surface area contributed by atoms with Gasteiger partial charge in [0.1, 0.15) is 11.3 Å². The van der Waals surface area contributed by atoms with Crippen molar-refractivity contribution < 1.29 is 19.2 Å². The highest BCUT2D eigenvalue weighted by Crippen LogP contribution is 2.21. The van der Waals surface area contributed by atoms with Gasteiger partial charge in [0.15, 0.2) is 0 Å². The Kier molecular flexibility index (Phi) is 4.95. The third-order valence-electron chi connectivity index (χ3n) is 3.76. The number of aromatic nitrogens is 1. The molecule has 1 unspecified atom stereocenters. The van der Waals surface area contributed by atoms with Crippen LogP contribution in [-0.4, -0.2) is 53.2 Å². The van der Waals surface area contributed by atoms with Gasteiger partial charge in [-0.1, -0.05) is 5.16 Å². The van der Waals surface area contributed by atoms with E-state index in [-0.39, 0.29) is 18.4 Å². The maximum absolute atomic E-state index is 12.5. The fourth-order valence-corrected chi connectivity index (χ4v) is 2.75. The van der Waals surface area contributed by atoms with Crippen molar-refractivity contribution in [1.29, 1.82) is 0 Å². The molecule has 0 aliphatic carbocycles. The third-order valence-corrected chi connectivity index (χ3v) is 3.76. The molecule has 0 aromatic carbocycles. The van der Waals surface area contributed by atoms with Gasteiger partial charge in [0, 0.05) is 19.6 Å². The Labute approximate surface area is 123 Å². The minimum atomic E-state index is -0.866. The van der Waals surface area contributed by atoms with Gasteiger partial charge < -0.3 is 19.8 Å². The van der Waals surface area contributed by atoms with E-state index in [1.807, 2.05) is 4.90 Å². The lowest BCUT2D eigenvalue weighted by Crippen LogP contribution is -2.43. The first-order chi connectivity index (χ1) is 9.99. The summed E-state index contributed by atoms with van der Waals surface area (Å²) in [5.41, 5.74) is 1.16.